The number of nitrogens with one attached hydrogen (secondary N) is 1. The number of imide groups is 1. The Morgan fingerprint density at radius 2 is 1.75 bits per heavy atom. The number of aromatic carboxylic acids is 1. The third-order valence-corrected chi connectivity index (χ3v) is 6.99. The molecule has 1 fully saturated rings. The van der Waals surface area contributed by atoms with Crippen molar-refractivity contribution in [3.63, 3.8) is 0 Å². The first-order chi connectivity index (χ1) is 19.3. The number of carboxylic acids is 1. The van der Waals surface area contributed by atoms with Crippen LogP contribution in [0.15, 0.2) is 89.8 Å². The fourth-order valence-electron chi connectivity index (χ4n) is 4.13. The van der Waals surface area contributed by atoms with E-state index in [0.717, 1.165) is 27.3 Å². The molecule has 3 amide bonds. The topological polar surface area (TPSA) is 113 Å². The van der Waals surface area contributed by atoms with Crippen molar-refractivity contribution in [2.75, 3.05) is 11.9 Å². The van der Waals surface area contributed by atoms with Crippen LogP contribution in [0.1, 0.15) is 21.5 Å². The highest BCUT2D eigenvalue weighted by Gasteiger charge is 2.36. The van der Waals surface area contributed by atoms with Crippen molar-refractivity contribution < 1.29 is 33.4 Å². The van der Waals surface area contributed by atoms with Crippen LogP contribution in [0.25, 0.3) is 16.8 Å². The number of carbonyl (C=O) groups is 4. The highest BCUT2D eigenvalue weighted by atomic mass is 32.2. The average Bonchev–Trinajstić information content (AvgIpc) is 3.20. The number of hydrogen-bond acceptors (Lipinski definition) is 6. The van der Waals surface area contributed by atoms with Crippen molar-refractivity contribution in [1.29, 1.82) is 0 Å². The van der Waals surface area contributed by atoms with Gasteiger partial charge < -0.3 is 15.2 Å². The molecule has 0 spiro atoms. The summed E-state index contributed by atoms with van der Waals surface area (Å²) in [5.74, 6) is -2.37. The number of halogens is 1. The highest BCUT2D eigenvalue weighted by Crippen LogP contribution is 2.37. The van der Waals surface area contributed by atoms with Crippen LogP contribution in [0, 0.1) is 5.82 Å². The molecule has 1 heterocycles. The van der Waals surface area contributed by atoms with Gasteiger partial charge in [0.25, 0.3) is 11.1 Å². The third-order valence-electron chi connectivity index (χ3n) is 6.09. The first kappa shape index (κ1) is 26.6. The van der Waals surface area contributed by atoms with Gasteiger partial charge in [0, 0.05) is 11.3 Å². The predicted octanol–water partition coefficient (Wildman–Crippen LogP) is 5.93. The van der Waals surface area contributed by atoms with Crippen molar-refractivity contribution in [3.05, 3.63) is 112 Å². The Morgan fingerprint density at radius 1 is 0.975 bits per heavy atom. The lowest BCUT2D eigenvalue weighted by Crippen LogP contribution is -2.36. The third kappa shape index (κ3) is 5.87. The molecule has 0 bridgehead atoms. The van der Waals surface area contributed by atoms with Gasteiger partial charge in [-0.05, 0) is 70.6 Å². The molecule has 1 aliphatic rings. The van der Waals surface area contributed by atoms with E-state index in [1.807, 2.05) is 30.3 Å². The fourth-order valence-corrected chi connectivity index (χ4v) is 4.95. The molecular formula is C30H21FN2O6S. The second-order valence-electron chi connectivity index (χ2n) is 8.82. The Labute approximate surface area is 232 Å². The van der Waals surface area contributed by atoms with E-state index in [9.17, 15) is 23.6 Å². The smallest absolute Gasteiger partial charge is 0.335 e. The molecule has 0 atom stereocenters. The zero-order chi connectivity index (χ0) is 28.2. The molecule has 5 rings (SSSR count). The zero-order valence-corrected chi connectivity index (χ0v) is 21.6. The van der Waals surface area contributed by atoms with E-state index in [1.54, 1.807) is 24.3 Å². The molecule has 0 aliphatic carbocycles. The van der Waals surface area contributed by atoms with Gasteiger partial charge in [0.1, 0.15) is 24.7 Å². The summed E-state index contributed by atoms with van der Waals surface area (Å²) in [5, 5.41) is 12.7. The highest BCUT2D eigenvalue weighted by molar-refractivity contribution is 8.18. The Hall–Kier alpha value is -4.96. The number of hydrogen-bond donors (Lipinski definition) is 2. The van der Waals surface area contributed by atoms with Gasteiger partial charge in [0.05, 0.1) is 10.5 Å². The molecule has 0 saturated carbocycles. The van der Waals surface area contributed by atoms with Gasteiger partial charge in [0.15, 0.2) is 0 Å². The minimum Gasteiger partial charge on any atom is -0.488 e. The van der Waals surface area contributed by atoms with Crippen LogP contribution >= 0.6 is 11.8 Å². The predicted molar refractivity (Wildman–Crippen MR) is 149 cm³/mol. The van der Waals surface area contributed by atoms with Crippen molar-refractivity contribution in [2.24, 2.45) is 0 Å². The van der Waals surface area contributed by atoms with Gasteiger partial charge in [-0.1, -0.05) is 48.5 Å². The summed E-state index contributed by atoms with van der Waals surface area (Å²) < 4.78 is 19.5. The lowest BCUT2D eigenvalue weighted by molar-refractivity contribution is -0.127. The summed E-state index contributed by atoms with van der Waals surface area (Å²) in [6, 6.07) is 22.7. The summed E-state index contributed by atoms with van der Waals surface area (Å²) in [7, 11) is 0. The van der Waals surface area contributed by atoms with E-state index in [0.29, 0.717) is 23.1 Å². The van der Waals surface area contributed by atoms with Crippen LogP contribution < -0.4 is 10.1 Å². The number of ether oxygens (including phenoxy) is 1. The first-order valence-corrected chi connectivity index (χ1v) is 12.9. The van der Waals surface area contributed by atoms with Gasteiger partial charge in [-0.3, -0.25) is 19.3 Å². The van der Waals surface area contributed by atoms with Crippen LogP contribution in [-0.2, 0) is 16.2 Å². The molecule has 1 aliphatic heterocycles. The number of carbonyl (C=O) groups excluding carboxylic acids is 3. The Bertz CT molecular complexity index is 1690. The average molecular weight is 557 g/mol. The maximum Gasteiger partial charge on any atom is 0.335 e. The van der Waals surface area contributed by atoms with Gasteiger partial charge in [-0.25, -0.2) is 9.18 Å². The molecule has 0 aromatic heterocycles. The quantitative estimate of drug-likeness (QED) is 0.259. The van der Waals surface area contributed by atoms with E-state index in [1.165, 1.54) is 30.3 Å². The number of carboxylic acid groups (broad SMARTS) is 1. The van der Waals surface area contributed by atoms with E-state index >= 15 is 0 Å². The minimum atomic E-state index is -1.02. The largest absolute Gasteiger partial charge is 0.488 e. The summed E-state index contributed by atoms with van der Waals surface area (Å²) in [6.07, 6.45) is 1.57. The molecule has 1 saturated heterocycles. The molecule has 10 heteroatoms. The number of fused-ring (bicyclic) bond motifs is 1. The molecule has 4 aromatic carbocycles. The number of benzene rings is 4. The molecule has 0 unspecified atom stereocenters. The Balaban J connectivity index is 1.38. The number of amides is 3. The van der Waals surface area contributed by atoms with Gasteiger partial charge in [-0.15, -0.1) is 0 Å². The van der Waals surface area contributed by atoms with Gasteiger partial charge in [-0.2, -0.15) is 0 Å². The molecular weight excluding hydrogens is 535 g/mol. The first-order valence-electron chi connectivity index (χ1n) is 12.1. The van der Waals surface area contributed by atoms with Crippen LogP contribution in [0.4, 0.5) is 14.9 Å². The normalized spacial score (nSPS) is 14.1. The van der Waals surface area contributed by atoms with Crippen LogP contribution in [0.3, 0.4) is 0 Å². The molecule has 2 N–H and O–H groups in total. The number of nitrogens with zero attached hydrogens (tertiary/aromatic N) is 1. The summed E-state index contributed by atoms with van der Waals surface area (Å²) in [5.41, 5.74) is 1.70. The van der Waals surface area contributed by atoms with Crippen molar-refractivity contribution in [2.45, 2.75) is 6.61 Å². The molecule has 200 valence electrons. The van der Waals surface area contributed by atoms with Crippen molar-refractivity contribution in [3.8, 4) is 5.75 Å². The number of anilines is 1. The van der Waals surface area contributed by atoms with Crippen LogP contribution in [-0.4, -0.2) is 39.6 Å². The Morgan fingerprint density at radius 3 is 2.50 bits per heavy atom. The van der Waals surface area contributed by atoms with Crippen LogP contribution in [0.2, 0.25) is 0 Å². The lowest BCUT2D eigenvalue weighted by Gasteiger charge is -2.14. The van der Waals surface area contributed by atoms with E-state index < -0.39 is 35.4 Å². The number of rotatable bonds is 8. The summed E-state index contributed by atoms with van der Waals surface area (Å²) in [6.45, 7) is -0.384. The standard InChI is InChI=1S/C30H21FN2O6S/c31-21-5-3-6-22(14-21)32-27(34)16-33-28(35)26(40-30(33)38)15-24-23-7-2-1-4-19(23)12-13-25(24)39-17-18-8-10-20(11-9-18)29(36)37/h1-15H,16-17H2,(H,32,34)(H,36,37)/b26-15+. The molecule has 8 nitrogen and oxygen atoms in total. The molecule has 40 heavy (non-hydrogen) atoms. The van der Waals surface area contributed by atoms with Gasteiger partial charge >= 0.3 is 5.97 Å². The zero-order valence-electron chi connectivity index (χ0n) is 20.8. The maximum atomic E-state index is 13.4. The Kier molecular flexibility index (Phi) is 7.61. The van der Waals surface area contributed by atoms with Crippen molar-refractivity contribution >= 4 is 57.3 Å². The van der Waals surface area contributed by atoms with Crippen LogP contribution in [0.5, 0.6) is 5.75 Å². The van der Waals surface area contributed by atoms with Gasteiger partial charge in [0.2, 0.25) is 5.91 Å². The van der Waals surface area contributed by atoms with E-state index in [2.05, 4.69) is 5.32 Å². The molecule has 4 aromatic rings. The minimum absolute atomic E-state index is 0.121. The van der Waals surface area contributed by atoms with E-state index in [4.69, 9.17) is 9.84 Å². The second-order valence-corrected chi connectivity index (χ2v) is 9.81. The number of thioether (sulfide) groups is 1. The molecule has 0 radical (unpaired) electrons. The monoisotopic (exact) mass is 556 g/mol. The summed E-state index contributed by atoms with van der Waals surface area (Å²) >= 11 is 0.711. The second kappa shape index (κ2) is 11.4. The summed E-state index contributed by atoms with van der Waals surface area (Å²) in [4.78, 5) is 50.4. The lowest BCUT2D eigenvalue weighted by atomic mass is 10.0. The fraction of sp³-hybridized carbons (Fsp3) is 0.0667. The van der Waals surface area contributed by atoms with Crippen molar-refractivity contribution in [1.82, 2.24) is 4.90 Å². The SMILES string of the molecule is O=C(CN1C(=O)S/C(=C/c2c(OCc3ccc(C(=O)O)cc3)ccc3ccccc23)C1=O)Nc1cccc(F)c1. The maximum absolute atomic E-state index is 13.4. The van der Waals surface area contributed by atoms with E-state index in [-0.39, 0.29) is 22.8 Å².